The van der Waals surface area contributed by atoms with E-state index in [2.05, 4.69) is 0 Å². The van der Waals surface area contributed by atoms with Gasteiger partial charge in [-0.1, -0.05) is 0 Å². The first-order chi connectivity index (χ1) is 8.94. The van der Waals surface area contributed by atoms with Gasteiger partial charge in [0, 0.05) is 11.3 Å². The van der Waals surface area contributed by atoms with Crippen LogP contribution in [0.25, 0.3) is 11.0 Å². The molecule has 0 spiro atoms. The average Bonchev–Trinajstić information content (AvgIpc) is 2.90. The Morgan fingerprint density at radius 3 is 2.79 bits per heavy atom. The first kappa shape index (κ1) is 12.3. The van der Waals surface area contributed by atoms with E-state index in [-0.39, 0.29) is 23.0 Å². The zero-order chi connectivity index (χ0) is 13.6. The molecule has 1 aromatic heterocycles. The third kappa shape index (κ3) is 2.28. The van der Waals surface area contributed by atoms with E-state index in [0.29, 0.717) is 17.4 Å². The normalized spacial score (nSPS) is 21.8. The highest BCUT2D eigenvalue weighted by molar-refractivity contribution is 7.91. The second-order valence-electron chi connectivity index (χ2n) is 4.76. The number of halogens is 1. The van der Waals surface area contributed by atoms with Crippen molar-refractivity contribution in [2.75, 3.05) is 11.5 Å². The van der Waals surface area contributed by atoms with Gasteiger partial charge in [0.15, 0.2) is 15.6 Å². The van der Waals surface area contributed by atoms with Gasteiger partial charge >= 0.3 is 0 Å². The van der Waals surface area contributed by atoms with Crippen molar-refractivity contribution in [3.63, 3.8) is 0 Å². The predicted molar refractivity (Wildman–Crippen MR) is 67.3 cm³/mol. The summed E-state index contributed by atoms with van der Waals surface area (Å²) in [5.41, 5.74) is 0.422. The zero-order valence-electron chi connectivity index (χ0n) is 9.93. The van der Waals surface area contributed by atoms with E-state index in [1.54, 1.807) is 0 Å². The van der Waals surface area contributed by atoms with Crippen molar-refractivity contribution in [1.82, 2.24) is 0 Å². The van der Waals surface area contributed by atoms with Crippen LogP contribution < -0.4 is 0 Å². The van der Waals surface area contributed by atoms with Crippen LogP contribution in [-0.2, 0) is 9.84 Å². The van der Waals surface area contributed by atoms with Crippen molar-refractivity contribution in [2.24, 2.45) is 5.92 Å². The molecule has 0 saturated carbocycles. The summed E-state index contributed by atoms with van der Waals surface area (Å²) < 4.78 is 41.1. The van der Waals surface area contributed by atoms with Crippen molar-refractivity contribution < 1.29 is 22.0 Å². The van der Waals surface area contributed by atoms with Crippen LogP contribution in [0, 0.1) is 11.7 Å². The van der Waals surface area contributed by atoms with Crippen LogP contribution in [0.2, 0.25) is 0 Å². The summed E-state index contributed by atoms with van der Waals surface area (Å²) in [6.45, 7) is 0. The summed E-state index contributed by atoms with van der Waals surface area (Å²) in [7, 11) is -3.11. The number of hydrogen-bond donors (Lipinski definition) is 0. The van der Waals surface area contributed by atoms with Gasteiger partial charge in [-0.15, -0.1) is 0 Å². The van der Waals surface area contributed by atoms with Crippen LogP contribution in [0.5, 0.6) is 0 Å². The Morgan fingerprint density at radius 2 is 2.11 bits per heavy atom. The summed E-state index contributed by atoms with van der Waals surface area (Å²) in [5, 5.41) is 0.504. The number of sulfone groups is 1. The molecule has 19 heavy (non-hydrogen) atoms. The molecule has 0 bridgehead atoms. The van der Waals surface area contributed by atoms with Crippen LogP contribution in [0.4, 0.5) is 4.39 Å². The highest BCUT2D eigenvalue weighted by Gasteiger charge is 2.34. The number of benzene rings is 1. The Morgan fingerprint density at radius 1 is 1.32 bits per heavy atom. The van der Waals surface area contributed by atoms with Crippen molar-refractivity contribution in [3.8, 4) is 0 Å². The van der Waals surface area contributed by atoms with Crippen LogP contribution in [0.15, 0.2) is 28.7 Å². The van der Waals surface area contributed by atoms with Gasteiger partial charge in [-0.3, -0.25) is 4.79 Å². The highest BCUT2D eigenvalue weighted by atomic mass is 32.2. The Labute approximate surface area is 109 Å². The minimum atomic E-state index is -3.11. The summed E-state index contributed by atoms with van der Waals surface area (Å²) in [5.74, 6) is -1.26. The Balaban J connectivity index is 1.94. The minimum Gasteiger partial charge on any atom is -0.453 e. The number of ketones is 1. The number of rotatable bonds is 2. The molecule has 2 heterocycles. The van der Waals surface area contributed by atoms with Gasteiger partial charge in [0.2, 0.25) is 5.78 Å². The van der Waals surface area contributed by atoms with Gasteiger partial charge in [0.05, 0.1) is 11.5 Å². The van der Waals surface area contributed by atoms with Crippen molar-refractivity contribution >= 4 is 26.6 Å². The fourth-order valence-corrected chi connectivity index (χ4v) is 4.08. The number of hydrogen-bond acceptors (Lipinski definition) is 4. The predicted octanol–water partition coefficient (Wildman–Crippen LogP) is 2.19. The van der Waals surface area contributed by atoms with E-state index in [9.17, 15) is 17.6 Å². The SMILES string of the molecule is O=C(c1cc2cc(F)ccc2o1)C1CCS(=O)(=O)C1. The minimum absolute atomic E-state index is 0.0399. The molecule has 6 heteroatoms. The number of fused-ring (bicyclic) bond motifs is 1. The quantitative estimate of drug-likeness (QED) is 0.792. The van der Waals surface area contributed by atoms with Crippen LogP contribution in [0.3, 0.4) is 0 Å². The van der Waals surface area contributed by atoms with E-state index in [1.165, 1.54) is 24.3 Å². The third-order valence-corrected chi connectivity index (χ3v) is 5.09. The monoisotopic (exact) mass is 282 g/mol. The van der Waals surface area contributed by atoms with Crippen LogP contribution in [-0.4, -0.2) is 25.7 Å². The molecule has 0 N–H and O–H groups in total. The lowest BCUT2D eigenvalue weighted by Gasteiger charge is -2.02. The molecule has 1 atom stereocenters. The highest BCUT2D eigenvalue weighted by Crippen LogP contribution is 2.26. The molecular formula is C13H11FO4S. The van der Waals surface area contributed by atoms with Gasteiger partial charge in [-0.05, 0) is 30.7 Å². The lowest BCUT2D eigenvalue weighted by atomic mass is 10.0. The van der Waals surface area contributed by atoms with Crippen molar-refractivity contribution in [3.05, 3.63) is 35.8 Å². The van der Waals surface area contributed by atoms with Gasteiger partial charge < -0.3 is 4.42 Å². The van der Waals surface area contributed by atoms with Crippen LogP contribution >= 0.6 is 0 Å². The van der Waals surface area contributed by atoms with Crippen LogP contribution in [0.1, 0.15) is 17.0 Å². The molecule has 1 fully saturated rings. The zero-order valence-corrected chi connectivity index (χ0v) is 10.7. The summed E-state index contributed by atoms with van der Waals surface area (Å²) in [4.78, 5) is 12.1. The molecule has 0 radical (unpaired) electrons. The molecule has 1 saturated heterocycles. The number of carbonyl (C=O) groups is 1. The van der Waals surface area contributed by atoms with E-state index < -0.39 is 21.6 Å². The largest absolute Gasteiger partial charge is 0.453 e. The Hall–Kier alpha value is -1.69. The molecule has 1 aliphatic heterocycles. The molecule has 0 amide bonds. The molecular weight excluding hydrogens is 271 g/mol. The number of Topliss-reactive ketones (excluding diaryl/α,β-unsaturated/α-hetero) is 1. The fraction of sp³-hybridized carbons (Fsp3) is 0.308. The topological polar surface area (TPSA) is 64.3 Å². The molecule has 1 unspecified atom stereocenters. The Kier molecular flexibility index (Phi) is 2.70. The maximum atomic E-state index is 13.0. The molecule has 1 aromatic carbocycles. The first-order valence-corrected chi connectivity index (χ1v) is 7.70. The summed E-state index contributed by atoms with van der Waals surface area (Å²) in [6.07, 6.45) is 0.326. The third-order valence-electron chi connectivity index (χ3n) is 3.32. The van der Waals surface area contributed by atoms with Gasteiger partial charge in [0.1, 0.15) is 11.4 Å². The van der Waals surface area contributed by atoms with E-state index >= 15 is 0 Å². The smallest absolute Gasteiger partial charge is 0.202 e. The molecule has 3 rings (SSSR count). The molecule has 100 valence electrons. The number of furan rings is 1. The molecule has 1 aliphatic rings. The van der Waals surface area contributed by atoms with Crippen molar-refractivity contribution in [2.45, 2.75) is 6.42 Å². The summed E-state index contributed by atoms with van der Waals surface area (Å²) >= 11 is 0. The molecule has 4 nitrogen and oxygen atoms in total. The first-order valence-electron chi connectivity index (χ1n) is 5.88. The average molecular weight is 282 g/mol. The second kappa shape index (κ2) is 4.16. The van der Waals surface area contributed by atoms with Crippen molar-refractivity contribution in [1.29, 1.82) is 0 Å². The van der Waals surface area contributed by atoms with E-state index in [4.69, 9.17) is 4.42 Å². The summed E-state index contributed by atoms with van der Waals surface area (Å²) in [6, 6.07) is 5.44. The molecule has 0 aliphatic carbocycles. The fourth-order valence-electron chi connectivity index (χ4n) is 2.34. The second-order valence-corrected chi connectivity index (χ2v) is 6.99. The number of carbonyl (C=O) groups excluding carboxylic acids is 1. The van der Waals surface area contributed by atoms with Gasteiger partial charge in [0.25, 0.3) is 0 Å². The standard InChI is InChI=1S/C13H11FO4S/c14-10-1-2-11-9(5-10)6-12(18-11)13(15)8-3-4-19(16,17)7-8/h1-2,5-6,8H,3-4,7H2. The maximum Gasteiger partial charge on any atom is 0.202 e. The Bertz CT molecular complexity index is 760. The molecule has 2 aromatic rings. The van der Waals surface area contributed by atoms with Gasteiger partial charge in [-0.25, -0.2) is 12.8 Å². The lowest BCUT2D eigenvalue weighted by Crippen LogP contribution is -2.15. The van der Waals surface area contributed by atoms with Gasteiger partial charge in [-0.2, -0.15) is 0 Å². The van der Waals surface area contributed by atoms with E-state index in [1.807, 2.05) is 0 Å². The maximum absolute atomic E-state index is 13.0. The van der Waals surface area contributed by atoms with E-state index in [0.717, 1.165) is 0 Å². The lowest BCUT2D eigenvalue weighted by molar-refractivity contribution is 0.0907.